The fraction of sp³-hybridized carbons (Fsp3) is 0.533. The van der Waals surface area contributed by atoms with Crippen molar-refractivity contribution in [1.82, 2.24) is 0 Å². The summed E-state index contributed by atoms with van der Waals surface area (Å²) >= 11 is 0. The number of carbonyl (C=O) groups excluding carboxylic acids is 1. The Bertz CT molecular complexity index is 359. The number of aliphatic hydroxyl groups is 1. The Hall–Kier alpha value is -1.15. The van der Waals surface area contributed by atoms with Gasteiger partial charge in [0.1, 0.15) is 0 Å². The fourth-order valence-electron chi connectivity index (χ4n) is 2.12. The minimum atomic E-state index is -0.453. The van der Waals surface area contributed by atoms with Crippen molar-refractivity contribution in [2.24, 2.45) is 11.8 Å². The third-order valence-electron chi connectivity index (χ3n) is 3.18. The molecular formula is C15H22O2. The minimum absolute atomic E-state index is 0.171. The Kier molecular flexibility index (Phi) is 4.88. The molecule has 3 atom stereocenters. The fourth-order valence-corrected chi connectivity index (χ4v) is 2.12. The molecule has 0 aromatic heterocycles. The molecule has 0 radical (unpaired) electrons. The first-order chi connectivity index (χ1) is 7.90. The zero-order valence-electron chi connectivity index (χ0n) is 10.9. The first-order valence-corrected chi connectivity index (χ1v) is 6.13. The molecule has 0 aromatic rings. The maximum atomic E-state index is 11.7. The third kappa shape index (κ3) is 4.31. The highest BCUT2D eigenvalue weighted by molar-refractivity contribution is 5.90. The average molecular weight is 234 g/mol. The van der Waals surface area contributed by atoms with Crippen molar-refractivity contribution in [3.8, 4) is 0 Å². The zero-order valence-corrected chi connectivity index (χ0v) is 10.9. The van der Waals surface area contributed by atoms with Gasteiger partial charge in [-0.3, -0.25) is 4.79 Å². The van der Waals surface area contributed by atoms with E-state index in [1.54, 1.807) is 6.08 Å². The summed E-state index contributed by atoms with van der Waals surface area (Å²) in [6.45, 7) is 9.69. The summed E-state index contributed by atoms with van der Waals surface area (Å²) < 4.78 is 0. The topological polar surface area (TPSA) is 37.3 Å². The van der Waals surface area contributed by atoms with Crippen molar-refractivity contribution < 1.29 is 9.90 Å². The van der Waals surface area contributed by atoms with Gasteiger partial charge in [0.05, 0.1) is 6.10 Å². The lowest BCUT2D eigenvalue weighted by molar-refractivity contribution is -0.115. The summed E-state index contributed by atoms with van der Waals surface area (Å²) in [7, 11) is 0. The molecule has 0 fully saturated rings. The standard InChI is InChI=1S/C15H22O2/c1-10(2)7-14(16)8-12(4)13-6-5-11(3)15(17)9-13/h5-7,12-13,15,17H,3,8-9H2,1-2,4H3/t12-,13-,15+/m0/s1. The normalized spacial score (nSPS) is 25.5. The predicted octanol–water partition coefficient (Wildman–Crippen LogP) is 3.04. The second-order valence-electron chi connectivity index (χ2n) is 5.22. The van der Waals surface area contributed by atoms with E-state index >= 15 is 0 Å². The van der Waals surface area contributed by atoms with E-state index in [4.69, 9.17) is 0 Å². The van der Waals surface area contributed by atoms with Gasteiger partial charge in [-0.25, -0.2) is 0 Å². The van der Waals surface area contributed by atoms with E-state index in [2.05, 4.69) is 19.6 Å². The van der Waals surface area contributed by atoms with Crippen molar-refractivity contribution >= 4 is 5.78 Å². The van der Waals surface area contributed by atoms with Gasteiger partial charge in [0, 0.05) is 6.42 Å². The van der Waals surface area contributed by atoms with Crippen LogP contribution in [0.4, 0.5) is 0 Å². The van der Waals surface area contributed by atoms with E-state index in [1.165, 1.54) is 0 Å². The first kappa shape index (κ1) is 13.9. The largest absolute Gasteiger partial charge is 0.388 e. The zero-order chi connectivity index (χ0) is 13.0. The molecule has 0 saturated carbocycles. The molecule has 1 N–H and O–H groups in total. The van der Waals surface area contributed by atoms with Crippen molar-refractivity contribution in [3.63, 3.8) is 0 Å². The number of allylic oxidation sites excluding steroid dienone is 3. The van der Waals surface area contributed by atoms with Crippen LogP contribution in [0.1, 0.15) is 33.6 Å². The summed E-state index contributed by atoms with van der Waals surface area (Å²) in [5.74, 6) is 0.701. The predicted molar refractivity (Wildman–Crippen MR) is 70.6 cm³/mol. The molecule has 0 bridgehead atoms. The molecule has 2 heteroatoms. The number of aliphatic hydroxyl groups excluding tert-OH is 1. The summed E-state index contributed by atoms with van der Waals surface area (Å²) in [4.78, 5) is 11.7. The van der Waals surface area contributed by atoms with E-state index in [-0.39, 0.29) is 17.6 Å². The van der Waals surface area contributed by atoms with Crippen LogP contribution >= 0.6 is 0 Å². The second kappa shape index (κ2) is 5.97. The molecule has 0 spiro atoms. The maximum absolute atomic E-state index is 11.7. The summed E-state index contributed by atoms with van der Waals surface area (Å²) in [6, 6.07) is 0. The van der Waals surface area contributed by atoms with Crippen molar-refractivity contribution in [1.29, 1.82) is 0 Å². The highest BCUT2D eigenvalue weighted by Gasteiger charge is 2.24. The van der Waals surface area contributed by atoms with Crippen LogP contribution < -0.4 is 0 Å². The Balaban J connectivity index is 2.57. The number of ketones is 1. The molecule has 2 nitrogen and oxygen atoms in total. The molecule has 1 aliphatic carbocycles. The quantitative estimate of drug-likeness (QED) is 0.759. The van der Waals surface area contributed by atoms with Crippen molar-refractivity contribution in [2.45, 2.75) is 39.7 Å². The van der Waals surface area contributed by atoms with Crippen LogP contribution in [0.3, 0.4) is 0 Å². The molecule has 0 aromatic carbocycles. The number of rotatable bonds is 4. The van der Waals surface area contributed by atoms with Gasteiger partial charge in [-0.2, -0.15) is 0 Å². The van der Waals surface area contributed by atoms with Crippen LogP contribution in [-0.4, -0.2) is 17.0 Å². The summed E-state index contributed by atoms with van der Waals surface area (Å²) in [5, 5.41) is 9.73. The minimum Gasteiger partial charge on any atom is -0.388 e. The van der Waals surface area contributed by atoms with E-state index in [1.807, 2.05) is 19.9 Å². The van der Waals surface area contributed by atoms with Gasteiger partial charge in [-0.15, -0.1) is 0 Å². The van der Waals surface area contributed by atoms with Gasteiger partial charge in [0.2, 0.25) is 0 Å². The van der Waals surface area contributed by atoms with Crippen LogP contribution in [-0.2, 0) is 4.79 Å². The van der Waals surface area contributed by atoms with Gasteiger partial charge in [0.15, 0.2) is 5.78 Å². The lowest BCUT2D eigenvalue weighted by atomic mass is 9.80. The molecule has 1 rings (SSSR count). The summed E-state index contributed by atoms with van der Waals surface area (Å²) in [6.07, 6.45) is 6.40. The number of hydrogen-bond donors (Lipinski definition) is 1. The van der Waals surface area contributed by atoms with Crippen LogP contribution in [0.2, 0.25) is 0 Å². The molecule has 94 valence electrons. The smallest absolute Gasteiger partial charge is 0.155 e. The van der Waals surface area contributed by atoms with E-state index in [0.29, 0.717) is 12.8 Å². The summed E-state index contributed by atoms with van der Waals surface area (Å²) in [5.41, 5.74) is 1.80. The Morgan fingerprint density at radius 2 is 2.29 bits per heavy atom. The molecular weight excluding hydrogens is 212 g/mol. The first-order valence-electron chi connectivity index (χ1n) is 6.13. The SMILES string of the molecule is C=C1C=C[C@H]([C@@H](C)CC(=O)C=C(C)C)C[C@H]1O. The van der Waals surface area contributed by atoms with Gasteiger partial charge < -0.3 is 5.11 Å². The highest BCUT2D eigenvalue weighted by atomic mass is 16.3. The third-order valence-corrected chi connectivity index (χ3v) is 3.18. The average Bonchev–Trinajstić information content (AvgIpc) is 2.20. The van der Waals surface area contributed by atoms with Gasteiger partial charge in [0.25, 0.3) is 0 Å². The monoisotopic (exact) mass is 234 g/mol. The molecule has 0 aliphatic heterocycles. The molecule has 17 heavy (non-hydrogen) atoms. The van der Waals surface area contributed by atoms with Crippen LogP contribution in [0.15, 0.2) is 36.0 Å². The molecule has 0 amide bonds. The Labute approximate surface area is 104 Å². The number of carbonyl (C=O) groups is 1. The van der Waals surface area contributed by atoms with Gasteiger partial charge in [-0.05, 0) is 43.8 Å². The molecule has 1 aliphatic rings. The van der Waals surface area contributed by atoms with Crippen LogP contribution in [0.25, 0.3) is 0 Å². The van der Waals surface area contributed by atoms with Gasteiger partial charge >= 0.3 is 0 Å². The van der Waals surface area contributed by atoms with E-state index < -0.39 is 6.10 Å². The van der Waals surface area contributed by atoms with Gasteiger partial charge in [-0.1, -0.05) is 31.2 Å². The van der Waals surface area contributed by atoms with E-state index in [9.17, 15) is 9.90 Å². The molecule has 0 unspecified atom stereocenters. The maximum Gasteiger partial charge on any atom is 0.155 e. The highest BCUT2D eigenvalue weighted by Crippen LogP contribution is 2.29. The molecule has 0 saturated heterocycles. The Morgan fingerprint density at radius 1 is 1.65 bits per heavy atom. The molecule has 0 heterocycles. The lowest BCUT2D eigenvalue weighted by Crippen LogP contribution is -2.23. The van der Waals surface area contributed by atoms with Crippen molar-refractivity contribution in [3.05, 3.63) is 36.0 Å². The van der Waals surface area contributed by atoms with Crippen LogP contribution in [0, 0.1) is 11.8 Å². The number of hydrogen-bond acceptors (Lipinski definition) is 2. The lowest BCUT2D eigenvalue weighted by Gasteiger charge is -2.27. The Morgan fingerprint density at radius 3 is 2.82 bits per heavy atom. The second-order valence-corrected chi connectivity index (χ2v) is 5.22. The van der Waals surface area contributed by atoms with Crippen molar-refractivity contribution in [2.75, 3.05) is 0 Å². The van der Waals surface area contributed by atoms with E-state index in [0.717, 1.165) is 11.1 Å². The van der Waals surface area contributed by atoms with Crippen LogP contribution in [0.5, 0.6) is 0 Å².